The second kappa shape index (κ2) is 7.50. The molecule has 0 saturated heterocycles. The van der Waals surface area contributed by atoms with Crippen molar-refractivity contribution in [3.05, 3.63) is 40.5 Å². The van der Waals surface area contributed by atoms with Crippen molar-refractivity contribution in [2.24, 2.45) is 0 Å². The third-order valence-corrected chi connectivity index (χ3v) is 5.76. The van der Waals surface area contributed by atoms with Gasteiger partial charge in [-0.05, 0) is 31.5 Å². The zero-order valence-electron chi connectivity index (χ0n) is 13.4. The predicted octanol–water partition coefficient (Wildman–Crippen LogP) is 5.04. The van der Waals surface area contributed by atoms with E-state index in [4.69, 9.17) is 16.1 Å². The average molecular weight is 382 g/mol. The maximum atomic E-state index is 6.14. The van der Waals surface area contributed by atoms with Gasteiger partial charge in [0.05, 0.1) is 5.25 Å². The first kappa shape index (κ1) is 17.2. The minimum Gasteiger partial charge on any atom is -0.338 e. The fraction of sp³-hybridized carbons (Fsp3) is 0.333. The summed E-state index contributed by atoms with van der Waals surface area (Å²) in [6, 6.07) is 5.72. The Kier molecular flexibility index (Phi) is 5.37. The Balaban J connectivity index is 1.68. The molecule has 9 heteroatoms. The maximum Gasteiger partial charge on any atom is 0.239 e. The van der Waals surface area contributed by atoms with Gasteiger partial charge >= 0.3 is 0 Å². The van der Waals surface area contributed by atoms with E-state index < -0.39 is 0 Å². The van der Waals surface area contributed by atoms with Crippen LogP contribution in [0, 0.1) is 6.92 Å². The van der Waals surface area contributed by atoms with Gasteiger partial charge in [0.1, 0.15) is 0 Å². The number of nitrogens with zero attached hydrogens (tertiary/aromatic N) is 4. The van der Waals surface area contributed by atoms with E-state index in [1.165, 1.54) is 11.3 Å². The first-order valence-electron chi connectivity index (χ1n) is 7.41. The number of halogens is 1. The first-order valence-corrected chi connectivity index (χ1v) is 9.49. The van der Waals surface area contributed by atoms with Crippen LogP contribution < -0.4 is 5.32 Å². The Hall–Kier alpha value is -1.64. The fourth-order valence-corrected chi connectivity index (χ4v) is 4.06. The number of benzene rings is 1. The van der Waals surface area contributed by atoms with Gasteiger partial charge in [0.15, 0.2) is 10.2 Å². The monoisotopic (exact) mass is 381 g/mol. The van der Waals surface area contributed by atoms with E-state index in [1.54, 1.807) is 11.8 Å². The van der Waals surface area contributed by atoms with Crippen molar-refractivity contribution in [3.8, 4) is 0 Å². The van der Waals surface area contributed by atoms with Crippen LogP contribution in [0.25, 0.3) is 0 Å². The molecule has 0 spiro atoms. The van der Waals surface area contributed by atoms with E-state index in [1.807, 2.05) is 39.0 Å². The minimum absolute atomic E-state index is 0.0199. The average Bonchev–Trinajstić information content (AvgIpc) is 3.21. The molecule has 0 fully saturated rings. The third-order valence-electron chi connectivity index (χ3n) is 3.34. The molecule has 0 bridgehead atoms. The first-order chi connectivity index (χ1) is 11.6. The Morgan fingerprint density at radius 2 is 2.21 bits per heavy atom. The summed E-state index contributed by atoms with van der Waals surface area (Å²) in [6.07, 6.45) is 0.757. The number of nitrogens with one attached hydrogen (secondary N) is 1. The largest absolute Gasteiger partial charge is 0.338 e. The van der Waals surface area contributed by atoms with Crippen LogP contribution in [0.1, 0.15) is 36.4 Å². The normalized spacial score (nSPS) is 12.3. The number of rotatable bonds is 6. The number of hydrogen-bond donors (Lipinski definition) is 1. The second-order valence-electron chi connectivity index (χ2n) is 5.07. The summed E-state index contributed by atoms with van der Waals surface area (Å²) in [6.45, 7) is 5.96. The van der Waals surface area contributed by atoms with Crippen molar-refractivity contribution in [1.29, 1.82) is 0 Å². The zero-order chi connectivity index (χ0) is 17.1. The van der Waals surface area contributed by atoms with Crippen LogP contribution in [-0.4, -0.2) is 20.3 Å². The summed E-state index contributed by atoms with van der Waals surface area (Å²) in [5, 5.41) is 17.0. The molecular formula is C15H16ClN5OS2. The smallest absolute Gasteiger partial charge is 0.239 e. The van der Waals surface area contributed by atoms with Crippen LogP contribution in [-0.2, 0) is 6.42 Å². The lowest BCUT2D eigenvalue weighted by molar-refractivity contribution is 0.375. The predicted molar refractivity (Wildman–Crippen MR) is 97.3 cm³/mol. The highest BCUT2D eigenvalue weighted by molar-refractivity contribution is 8.01. The van der Waals surface area contributed by atoms with Gasteiger partial charge in [0, 0.05) is 17.1 Å². The van der Waals surface area contributed by atoms with Crippen molar-refractivity contribution in [2.75, 3.05) is 5.32 Å². The summed E-state index contributed by atoms with van der Waals surface area (Å²) >= 11 is 9.15. The summed E-state index contributed by atoms with van der Waals surface area (Å²) in [5.41, 5.74) is 1.91. The summed E-state index contributed by atoms with van der Waals surface area (Å²) in [5.74, 6) is 1.32. The van der Waals surface area contributed by atoms with E-state index in [-0.39, 0.29) is 5.25 Å². The lowest BCUT2D eigenvalue weighted by atomic mass is 10.2. The molecule has 0 aliphatic rings. The van der Waals surface area contributed by atoms with E-state index in [9.17, 15) is 0 Å². The number of thioether (sulfide) groups is 1. The van der Waals surface area contributed by atoms with Gasteiger partial charge in [-0.25, -0.2) is 0 Å². The molecule has 0 amide bonds. The van der Waals surface area contributed by atoms with Gasteiger partial charge in [-0.3, -0.25) is 0 Å². The minimum atomic E-state index is 0.0199. The van der Waals surface area contributed by atoms with Crippen molar-refractivity contribution >= 4 is 45.5 Å². The van der Waals surface area contributed by atoms with Crippen molar-refractivity contribution in [1.82, 2.24) is 20.3 Å². The fourth-order valence-electron chi connectivity index (χ4n) is 1.94. The molecule has 6 nitrogen and oxygen atoms in total. The molecule has 2 heterocycles. The van der Waals surface area contributed by atoms with Crippen LogP contribution in [0.15, 0.2) is 27.1 Å². The topological polar surface area (TPSA) is 76.7 Å². The molecule has 1 atom stereocenters. The standard InChI is InChI=1S/C15H16ClN5OS2/c1-4-12-18-13(22-21-12)9(3)23-15-20-19-14(24-15)17-11-7-5-6-10(16)8(11)2/h5-7,9H,4H2,1-3H3,(H,17,19). The number of aromatic nitrogens is 4. The summed E-state index contributed by atoms with van der Waals surface area (Å²) in [7, 11) is 0. The third kappa shape index (κ3) is 3.88. The van der Waals surface area contributed by atoms with Gasteiger partial charge in [0.25, 0.3) is 0 Å². The van der Waals surface area contributed by atoms with Crippen LogP contribution in [0.4, 0.5) is 10.8 Å². The highest BCUT2D eigenvalue weighted by Gasteiger charge is 2.18. The Morgan fingerprint density at radius 3 is 2.96 bits per heavy atom. The molecule has 0 aliphatic carbocycles. The van der Waals surface area contributed by atoms with Crippen LogP contribution in [0.2, 0.25) is 5.02 Å². The number of anilines is 2. The Labute approximate surface area is 153 Å². The number of hydrogen-bond acceptors (Lipinski definition) is 8. The second-order valence-corrected chi connectivity index (χ2v) is 8.05. The van der Waals surface area contributed by atoms with Gasteiger partial charge in [-0.1, -0.05) is 52.8 Å². The van der Waals surface area contributed by atoms with E-state index >= 15 is 0 Å². The van der Waals surface area contributed by atoms with Gasteiger partial charge in [-0.15, -0.1) is 10.2 Å². The van der Waals surface area contributed by atoms with E-state index in [0.29, 0.717) is 11.7 Å². The van der Waals surface area contributed by atoms with Crippen LogP contribution >= 0.6 is 34.7 Å². The molecule has 0 saturated carbocycles. The molecular weight excluding hydrogens is 366 g/mol. The quantitative estimate of drug-likeness (QED) is 0.599. The highest BCUT2D eigenvalue weighted by Crippen LogP contribution is 2.37. The lowest BCUT2D eigenvalue weighted by Gasteiger charge is -2.07. The van der Waals surface area contributed by atoms with Crippen LogP contribution in [0.5, 0.6) is 0 Å². The van der Waals surface area contributed by atoms with E-state index in [0.717, 1.165) is 32.2 Å². The molecule has 1 aromatic carbocycles. The van der Waals surface area contributed by atoms with Gasteiger partial charge < -0.3 is 9.84 Å². The summed E-state index contributed by atoms with van der Waals surface area (Å²) < 4.78 is 6.10. The molecule has 24 heavy (non-hydrogen) atoms. The van der Waals surface area contributed by atoms with Crippen molar-refractivity contribution < 1.29 is 4.52 Å². The van der Waals surface area contributed by atoms with Crippen molar-refractivity contribution in [3.63, 3.8) is 0 Å². The Bertz CT molecular complexity index is 835. The molecule has 2 aromatic heterocycles. The highest BCUT2D eigenvalue weighted by atomic mass is 35.5. The van der Waals surface area contributed by atoms with Gasteiger partial charge in [0.2, 0.25) is 11.0 Å². The molecule has 0 aliphatic heterocycles. The molecule has 3 aromatic rings. The maximum absolute atomic E-state index is 6.14. The lowest BCUT2D eigenvalue weighted by Crippen LogP contribution is -1.92. The van der Waals surface area contributed by atoms with E-state index in [2.05, 4.69) is 25.7 Å². The number of aryl methyl sites for hydroxylation is 1. The van der Waals surface area contributed by atoms with Gasteiger partial charge in [-0.2, -0.15) is 4.98 Å². The molecule has 126 valence electrons. The molecule has 1 N–H and O–H groups in total. The summed E-state index contributed by atoms with van der Waals surface area (Å²) in [4.78, 5) is 4.35. The molecule has 1 unspecified atom stereocenters. The molecule has 3 rings (SSSR count). The molecule has 0 radical (unpaired) electrons. The Morgan fingerprint density at radius 1 is 1.38 bits per heavy atom. The SMILES string of the molecule is CCc1noc(C(C)Sc2nnc(Nc3cccc(Cl)c3C)s2)n1. The van der Waals surface area contributed by atoms with Crippen LogP contribution in [0.3, 0.4) is 0 Å². The van der Waals surface area contributed by atoms with Crippen molar-refractivity contribution in [2.45, 2.75) is 36.8 Å². The zero-order valence-corrected chi connectivity index (χ0v) is 15.8.